The highest BCUT2D eigenvalue weighted by molar-refractivity contribution is 7.91. The molecule has 1 aromatic heterocycles. The molecular formula is C15H27N3O5S. The Balaban J connectivity index is 2.37. The summed E-state index contributed by atoms with van der Waals surface area (Å²) in [5.41, 5.74) is 0. The van der Waals surface area contributed by atoms with Crippen LogP contribution in [-0.4, -0.2) is 49.5 Å². The van der Waals surface area contributed by atoms with Crippen LogP contribution < -0.4 is 5.32 Å². The van der Waals surface area contributed by atoms with Gasteiger partial charge < -0.3 is 14.6 Å². The molecule has 0 radical (unpaired) electrons. The zero-order valence-corrected chi connectivity index (χ0v) is 15.6. The number of hydrogen-bond acceptors (Lipinski definition) is 7. The summed E-state index contributed by atoms with van der Waals surface area (Å²) in [6.45, 7) is 8.75. The normalized spacial score (nSPS) is 12.1. The van der Waals surface area contributed by atoms with Crippen molar-refractivity contribution < 1.29 is 22.5 Å². The monoisotopic (exact) mass is 361 g/mol. The molecule has 1 rings (SSSR count). The number of nitrogens with one attached hydrogen (secondary N) is 1. The first-order valence-electron chi connectivity index (χ1n) is 8.08. The molecule has 0 aliphatic rings. The minimum atomic E-state index is -3.64. The van der Waals surface area contributed by atoms with Crippen LogP contribution in [-0.2, 0) is 31.5 Å². The van der Waals surface area contributed by atoms with Crippen LogP contribution in [0, 0.1) is 5.92 Å². The van der Waals surface area contributed by atoms with Crippen LogP contribution in [0.4, 0.5) is 0 Å². The Morgan fingerprint density at radius 3 is 2.62 bits per heavy atom. The maximum atomic E-state index is 12.0. The molecule has 0 saturated heterocycles. The number of nitrogens with zero attached hydrogens (tertiary/aromatic N) is 2. The number of rotatable bonds is 11. The molecule has 1 N–H and O–H groups in total. The first kappa shape index (κ1) is 20.6. The van der Waals surface area contributed by atoms with E-state index in [0.29, 0.717) is 37.7 Å². The first-order chi connectivity index (χ1) is 11.2. The zero-order chi connectivity index (χ0) is 18.2. The van der Waals surface area contributed by atoms with E-state index < -0.39 is 27.3 Å². The lowest BCUT2D eigenvalue weighted by atomic mass is 10.1. The summed E-state index contributed by atoms with van der Waals surface area (Å²) in [4.78, 5) is 15.7. The molecule has 1 aromatic rings. The van der Waals surface area contributed by atoms with Crippen LogP contribution in [0.1, 0.15) is 45.8 Å². The van der Waals surface area contributed by atoms with Gasteiger partial charge in [-0.05, 0) is 26.2 Å². The molecular weight excluding hydrogens is 334 g/mol. The van der Waals surface area contributed by atoms with Gasteiger partial charge in [0.2, 0.25) is 11.8 Å². The van der Waals surface area contributed by atoms with Gasteiger partial charge in [-0.1, -0.05) is 19.0 Å². The largest absolute Gasteiger partial charge is 0.379 e. The van der Waals surface area contributed by atoms with E-state index in [1.807, 2.05) is 27.7 Å². The highest BCUT2D eigenvalue weighted by Gasteiger charge is 2.21. The van der Waals surface area contributed by atoms with E-state index >= 15 is 0 Å². The Morgan fingerprint density at radius 1 is 1.29 bits per heavy atom. The van der Waals surface area contributed by atoms with E-state index in [1.165, 1.54) is 0 Å². The van der Waals surface area contributed by atoms with Crippen molar-refractivity contribution in [2.75, 3.05) is 18.9 Å². The van der Waals surface area contributed by atoms with Crippen LogP contribution in [0.15, 0.2) is 4.52 Å². The van der Waals surface area contributed by atoms with Gasteiger partial charge >= 0.3 is 0 Å². The van der Waals surface area contributed by atoms with Gasteiger partial charge in [-0.15, -0.1) is 0 Å². The molecule has 1 heterocycles. The quantitative estimate of drug-likeness (QED) is 0.588. The average molecular weight is 361 g/mol. The van der Waals surface area contributed by atoms with Crippen LogP contribution >= 0.6 is 0 Å². The zero-order valence-electron chi connectivity index (χ0n) is 14.7. The number of carbonyl (C=O) groups is 1. The molecule has 0 aliphatic heterocycles. The third-order valence-corrected chi connectivity index (χ3v) is 4.28. The number of hydrogen-bond donors (Lipinski definition) is 1. The Hall–Kier alpha value is -1.48. The fraction of sp³-hybridized carbons (Fsp3) is 0.800. The summed E-state index contributed by atoms with van der Waals surface area (Å²) < 4.78 is 34.3. The van der Waals surface area contributed by atoms with E-state index in [4.69, 9.17) is 9.26 Å². The van der Waals surface area contributed by atoms with Crippen molar-refractivity contribution in [2.24, 2.45) is 5.92 Å². The smallest absolute Gasteiger partial charge is 0.241 e. The lowest BCUT2D eigenvalue weighted by Gasteiger charge is -2.08. The molecule has 8 nitrogen and oxygen atoms in total. The van der Waals surface area contributed by atoms with Gasteiger partial charge in [0.15, 0.2) is 15.7 Å². The van der Waals surface area contributed by atoms with Crippen molar-refractivity contribution in [3.63, 3.8) is 0 Å². The Bertz CT molecular complexity index is 610. The van der Waals surface area contributed by atoms with Gasteiger partial charge in [-0.25, -0.2) is 8.42 Å². The van der Waals surface area contributed by atoms with Crippen LogP contribution in [0.25, 0.3) is 0 Å². The summed E-state index contributed by atoms with van der Waals surface area (Å²) in [7, 11) is -3.64. The van der Waals surface area contributed by atoms with Crippen molar-refractivity contribution >= 4 is 15.7 Å². The van der Waals surface area contributed by atoms with Gasteiger partial charge in [0.1, 0.15) is 11.5 Å². The second kappa shape index (κ2) is 9.73. The van der Waals surface area contributed by atoms with Crippen LogP contribution in [0.3, 0.4) is 0 Å². The minimum absolute atomic E-state index is 0.0174. The van der Waals surface area contributed by atoms with Gasteiger partial charge in [0.25, 0.3) is 0 Å². The summed E-state index contributed by atoms with van der Waals surface area (Å²) in [6, 6.07) is 0. The second-order valence-electron chi connectivity index (χ2n) is 6.36. The number of aromatic nitrogens is 2. The van der Waals surface area contributed by atoms with Crippen molar-refractivity contribution in [3.05, 3.63) is 11.7 Å². The number of amides is 1. The van der Waals surface area contributed by atoms with E-state index in [2.05, 4.69) is 15.5 Å². The third kappa shape index (κ3) is 8.97. The SMILES string of the molecule is CC(C)Cc1noc(CS(=O)(=O)CC(=O)NCCCOC(C)C)n1. The molecule has 0 bridgehead atoms. The highest BCUT2D eigenvalue weighted by atomic mass is 32.2. The van der Waals surface area contributed by atoms with E-state index in [1.54, 1.807) is 0 Å². The third-order valence-electron chi connectivity index (χ3n) is 2.89. The standard InChI is InChI=1S/C15H27N3O5S/c1-11(2)8-13-17-15(23-18-13)10-24(20,21)9-14(19)16-6-5-7-22-12(3)4/h11-12H,5-10H2,1-4H3,(H,16,19). The molecule has 0 aliphatic carbocycles. The van der Waals surface area contributed by atoms with Crippen molar-refractivity contribution in [3.8, 4) is 0 Å². The van der Waals surface area contributed by atoms with Gasteiger partial charge in [0.05, 0.1) is 6.10 Å². The molecule has 0 spiro atoms. The topological polar surface area (TPSA) is 111 Å². The van der Waals surface area contributed by atoms with Gasteiger partial charge in [0, 0.05) is 19.6 Å². The molecule has 138 valence electrons. The van der Waals surface area contributed by atoms with E-state index in [0.717, 1.165) is 0 Å². The fourth-order valence-corrected chi connectivity index (χ4v) is 3.00. The molecule has 1 amide bonds. The predicted octanol–water partition coefficient (Wildman–Crippen LogP) is 1.11. The molecule has 0 fully saturated rings. The molecule has 0 aromatic carbocycles. The van der Waals surface area contributed by atoms with E-state index in [9.17, 15) is 13.2 Å². The van der Waals surface area contributed by atoms with Crippen molar-refractivity contribution in [1.29, 1.82) is 0 Å². The molecule has 24 heavy (non-hydrogen) atoms. The fourth-order valence-electron chi connectivity index (χ4n) is 1.91. The highest BCUT2D eigenvalue weighted by Crippen LogP contribution is 2.08. The van der Waals surface area contributed by atoms with E-state index in [-0.39, 0.29) is 12.0 Å². The Morgan fingerprint density at radius 2 is 2.00 bits per heavy atom. The molecule has 9 heteroatoms. The summed E-state index contributed by atoms with van der Waals surface area (Å²) in [5.74, 6) is -0.727. The average Bonchev–Trinajstić information content (AvgIpc) is 2.82. The lowest BCUT2D eigenvalue weighted by Crippen LogP contribution is -2.32. The van der Waals surface area contributed by atoms with Crippen molar-refractivity contribution in [1.82, 2.24) is 15.5 Å². The van der Waals surface area contributed by atoms with Crippen LogP contribution in [0.2, 0.25) is 0 Å². The van der Waals surface area contributed by atoms with Gasteiger partial charge in [-0.2, -0.15) is 4.98 Å². The second-order valence-corrected chi connectivity index (χ2v) is 8.42. The summed E-state index contributed by atoms with van der Waals surface area (Å²) in [6.07, 6.45) is 1.38. The molecule has 0 unspecified atom stereocenters. The Labute approximate surface area is 143 Å². The summed E-state index contributed by atoms with van der Waals surface area (Å²) >= 11 is 0. The Kier molecular flexibility index (Phi) is 8.34. The number of sulfone groups is 1. The first-order valence-corrected chi connectivity index (χ1v) is 9.90. The summed E-state index contributed by atoms with van der Waals surface area (Å²) in [5, 5.41) is 6.30. The van der Waals surface area contributed by atoms with Crippen LogP contribution in [0.5, 0.6) is 0 Å². The number of ether oxygens (including phenoxy) is 1. The molecule has 0 saturated carbocycles. The number of carbonyl (C=O) groups excluding carboxylic acids is 1. The van der Waals surface area contributed by atoms with Gasteiger partial charge in [-0.3, -0.25) is 4.79 Å². The predicted molar refractivity (Wildman–Crippen MR) is 89.0 cm³/mol. The minimum Gasteiger partial charge on any atom is -0.379 e. The van der Waals surface area contributed by atoms with Crippen molar-refractivity contribution in [2.45, 2.75) is 52.4 Å². The lowest BCUT2D eigenvalue weighted by molar-refractivity contribution is -0.118. The molecule has 0 atom stereocenters. The maximum Gasteiger partial charge on any atom is 0.241 e. The maximum absolute atomic E-state index is 12.0.